The number of hydrogen-bond acceptors (Lipinski definition) is 3. The average Bonchev–Trinajstić information content (AvgIpc) is 2.41. The Balaban J connectivity index is 2.26. The minimum absolute atomic E-state index is 0.104. The summed E-state index contributed by atoms with van der Waals surface area (Å²) >= 11 is 0. The number of unbranched alkanes of at least 4 members (excludes halogenated alkanes) is 1. The Morgan fingerprint density at radius 3 is 2.50 bits per heavy atom. The molecule has 0 spiro atoms. The van der Waals surface area contributed by atoms with Crippen LogP contribution < -0.4 is 10.1 Å². The van der Waals surface area contributed by atoms with E-state index in [9.17, 15) is 13.2 Å². The molecule has 3 nitrogen and oxygen atoms in total. The Morgan fingerprint density at radius 1 is 1.05 bits per heavy atom. The van der Waals surface area contributed by atoms with Gasteiger partial charge in [-0.2, -0.15) is 13.2 Å². The largest absolute Gasteiger partial charge is 0.493 e. The highest BCUT2D eigenvalue weighted by atomic mass is 19.4. The van der Waals surface area contributed by atoms with E-state index in [1.807, 2.05) is 0 Å². The lowest BCUT2D eigenvalue weighted by Crippen LogP contribution is -2.20. The standard InChI is InChI=1S/C14H20F3NO2/c1-19-11-9-18-8-4-5-10-20-13-7-3-2-6-12(13)14(15,16)17/h2-3,6-7,18H,4-5,8-11H2,1H3. The third-order valence-electron chi connectivity index (χ3n) is 2.68. The van der Waals surface area contributed by atoms with Crippen molar-refractivity contribution in [2.24, 2.45) is 0 Å². The maximum atomic E-state index is 12.7. The van der Waals surface area contributed by atoms with Gasteiger partial charge in [0.1, 0.15) is 5.75 Å². The van der Waals surface area contributed by atoms with Crippen LogP contribution in [0.3, 0.4) is 0 Å². The first kappa shape index (κ1) is 16.8. The van der Waals surface area contributed by atoms with E-state index in [2.05, 4.69) is 5.32 Å². The van der Waals surface area contributed by atoms with Crippen molar-refractivity contribution < 1.29 is 22.6 Å². The summed E-state index contributed by atoms with van der Waals surface area (Å²) in [5, 5.41) is 3.16. The second-order valence-corrected chi connectivity index (χ2v) is 4.29. The second kappa shape index (κ2) is 8.81. The lowest BCUT2D eigenvalue weighted by Gasteiger charge is -2.13. The smallest absolute Gasteiger partial charge is 0.419 e. The first-order valence-corrected chi connectivity index (χ1v) is 6.54. The highest BCUT2D eigenvalue weighted by molar-refractivity contribution is 5.35. The Hall–Kier alpha value is -1.27. The Labute approximate surface area is 117 Å². The maximum Gasteiger partial charge on any atom is 0.419 e. The van der Waals surface area contributed by atoms with Gasteiger partial charge in [-0.05, 0) is 31.5 Å². The van der Waals surface area contributed by atoms with Crippen LogP contribution in [0.4, 0.5) is 13.2 Å². The zero-order chi connectivity index (χ0) is 14.8. The molecule has 0 heterocycles. The van der Waals surface area contributed by atoms with Gasteiger partial charge in [-0.3, -0.25) is 0 Å². The van der Waals surface area contributed by atoms with Gasteiger partial charge in [0.15, 0.2) is 0 Å². The zero-order valence-electron chi connectivity index (χ0n) is 11.5. The number of benzene rings is 1. The molecular formula is C14H20F3NO2. The molecule has 0 saturated heterocycles. The fourth-order valence-corrected chi connectivity index (χ4v) is 1.66. The molecule has 1 aromatic rings. The molecule has 1 N–H and O–H groups in total. The summed E-state index contributed by atoms with van der Waals surface area (Å²) in [4.78, 5) is 0. The number of nitrogens with one attached hydrogen (secondary N) is 1. The summed E-state index contributed by atoms with van der Waals surface area (Å²) in [5.74, 6) is -0.104. The zero-order valence-corrected chi connectivity index (χ0v) is 11.5. The van der Waals surface area contributed by atoms with Crippen molar-refractivity contribution in [3.8, 4) is 5.75 Å². The fraction of sp³-hybridized carbons (Fsp3) is 0.571. The first-order valence-electron chi connectivity index (χ1n) is 6.54. The molecule has 0 aliphatic heterocycles. The summed E-state index contributed by atoms with van der Waals surface area (Å²) in [6.07, 6.45) is -2.83. The molecular weight excluding hydrogens is 271 g/mol. The summed E-state index contributed by atoms with van der Waals surface area (Å²) in [5.41, 5.74) is -0.724. The molecule has 0 amide bonds. The third-order valence-corrected chi connectivity index (χ3v) is 2.68. The molecule has 0 aromatic heterocycles. The predicted molar refractivity (Wildman–Crippen MR) is 70.9 cm³/mol. The monoisotopic (exact) mass is 291 g/mol. The molecule has 20 heavy (non-hydrogen) atoms. The summed E-state index contributed by atoms with van der Waals surface area (Å²) in [6.45, 7) is 2.50. The number of para-hydroxylation sites is 1. The van der Waals surface area contributed by atoms with E-state index < -0.39 is 11.7 Å². The maximum absolute atomic E-state index is 12.7. The van der Waals surface area contributed by atoms with Gasteiger partial charge in [0.05, 0.1) is 18.8 Å². The molecule has 114 valence electrons. The van der Waals surface area contributed by atoms with Crippen molar-refractivity contribution in [1.82, 2.24) is 5.32 Å². The predicted octanol–water partition coefficient (Wildman–Crippen LogP) is 3.10. The molecule has 0 radical (unpaired) electrons. The Kier molecular flexibility index (Phi) is 7.40. The van der Waals surface area contributed by atoms with Gasteiger partial charge in [-0.15, -0.1) is 0 Å². The van der Waals surface area contributed by atoms with Crippen molar-refractivity contribution in [2.75, 3.05) is 33.4 Å². The van der Waals surface area contributed by atoms with E-state index in [1.54, 1.807) is 7.11 Å². The van der Waals surface area contributed by atoms with Crippen LogP contribution >= 0.6 is 0 Å². The van der Waals surface area contributed by atoms with Crippen LogP contribution in [0.1, 0.15) is 18.4 Å². The van der Waals surface area contributed by atoms with Crippen LogP contribution in [-0.4, -0.2) is 33.4 Å². The lowest BCUT2D eigenvalue weighted by atomic mass is 10.2. The van der Waals surface area contributed by atoms with Crippen LogP contribution in [0, 0.1) is 0 Å². The fourth-order valence-electron chi connectivity index (χ4n) is 1.66. The first-order chi connectivity index (χ1) is 9.55. The number of hydrogen-bond donors (Lipinski definition) is 1. The topological polar surface area (TPSA) is 30.5 Å². The van der Waals surface area contributed by atoms with Crippen molar-refractivity contribution in [2.45, 2.75) is 19.0 Å². The Bertz CT molecular complexity index is 383. The quantitative estimate of drug-likeness (QED) is 0.709. The van der Waals surface area contributed by atoms with E-state index in [0.29, 0.717) is 13.0 Å². The molecule has 6 heteroatoms. The van der Waals surface area contributed by atoms with Crippen LogP contribution in [0.15, 0.2) is 24.3 Å². The average molecular weight is 291 g/mol. The molecule has 1 aromatic carbocycles. The van der Waals surface area contributed by atoms with Crippen molar-refractivity contribution in [3.63, 3.8) is 0 Å². The summed E-state index contributed by atoms with van der Waals surface area (Å²) in [7, 11) is 1.63. The SMILES string of the molecule is COCCNCCCCOc1ccccc1C(F)(F)F. The van der Waals surface area contributed by atoms with E-state index >= 15 is 0 Å². The van der Waals surface area contributed by atoms with E-state index in [-0.39, 0.29) is 12.4 Å². The van der Waals surface area contributed by atoms with Crippen LogP contribution in [0.25, 0.3) is 0 Å². The highest BCUT2D eigenvalue weighted by Crippen LogP contribution is 2.35. The van der Waals surface area contributed by atoms with Gasteiger partial charge < -0.3 is 14.8 Å². The Morgan fingerprint density at radius 2 is 1.80 bits per heavy atom. The van der Waals surface area contributed by atoms with Crippen molar-refractivity contribution in [1.29, 1.82) is 0 Å². The van der Waals surface area contributed by atoms with Crippen LogP contribution in [-0.2, 0) is 10.9 Å². The molecule has 0 atom stereocenters. The molecule has 1 rings (SSSR count). The highest BCUT2D eigenvalue weighted by Gasteiger charge is 2.33. The van der Waals surface area contributed by atoms with Gasteiger partial charge >= 0.3 is 6.18 Å². The normalized spacial score (nSPS) is 11.6. The minimum atomic E-state index is -4.38. The number of rotatable bonds is 9. The second-order valence-electron chi connectivity index (χ2n) is 4.29. The molecule has 0 unspecified atom stereocenters. The van der Waals surface area contributed by atoms with Crippen molar-refractivity contribution >= 4 is 0 Å². The third kappa shape index (κ3) is 6.25. The molecule has 0 bridgehead atoms. The van der Waals surface area contributed by atoms with Gasteiger partial charge in [-0.25, -0.2) is 0 Å². The number of alkyl halides is 3. The van der Waals surface area contributed by atoms with E-state index in [4.69, 9.17) is 9.47 Å². The van der Waals surface area contributed by atoms with Crippen LogP contribution in [0.2, 0.25) is 0 Å². The molecule has 0 saturated carbocycles. The number of halogens is 3. The minimum Gasteiger partial charge on any atom is -0.493 e. The molecule has 0 fully saturated rings. The van der Waals surface area contributed by atoms with Gasteiger partial charge in [-0.1, -0.05) is 12.1 Å². The van der Waals surface area contributed by atoms with E-state index in [1.165, 1.54) is 18.2 Å². The van der Waals surface area contributed by atoms with Crippen molar-refractivity contribution in [3.05, 3.63) is 29.8 Å². The number of methoxy groups -OCH3 is 1. The van der Waals surface area contributed by atoms with Gasteiger partial charge in [0, 0.05) is 13.7 Å². The summed E-state index contributed by atoms with van der Waals surface area (Å²) in [6, 6.07) is 5.27. The van der Waals surface area contributed by atoms with Gasteiger partial charge in [0.25, 0.3) is 0 Å². The van der Waals surface area contributed by atoms with Gasteiger partial charge in [0.2, 0.25) is 0 Å². The summed E-state index contributed by atoms with van der Waals surface area (Å²) < 4.78 is 48.2. The molecule has 0 aliphatic carbocycles. The van der Waals surface area contributed by atoms with E-state index in [0.717, 1.165) is 25.6 Å². The lowest BCUT2D eigenvalue weighted by molar-refractivity contribution is -0.138. The van der Waals surface area contributed by atoms with Crippen LogP contribution in [0.5, 0.6) is 5.75 Å². The molecule has 0 aliphatic rings. The number of ether oxygens (including phenoxy) is 2.